The van der Waals surface area contributed by atoms with Gasteiger partial charge in [-0.05, 0) is 40.1 Å². The number of carbonyl (C=O) groups is 1. The lowest BCUT2D eigenvalue weighted by molar-refractivity contribution is -0.130. The van der Waals surface area contributed by atoms with E-state index in [-0.39, 0.29) is 0 Å². The second-order valence-electron chi connectivity index (χ2n) is 6.75. The van der Waals surface area contributed by atoms with Gasteiger partial charge in [-0.25, -0.2) is 4.79 Å². The highest BCUT2D eigenvalue weighted by Gasteiger charge is 2.14. The van der Waals surface area contributed by atoms with Crippen LogP contribution >= 0.6 is 0 Å². The molecule has 0 saturated heterocycles. The zero-order chi connectivity index (χ0) is 18.8. The lowest BCUT2D eigenvalue weighted by Gasteiger charge is -2.15. The maximum Gasteiger partial charge on any atom is 0.338 e. The first-order valence-electron chi connectivity index (χ1n) is 8.98. The molecule has 2 heteroatoms. The molecule has 0 aliphatic heterocycles. The van der Waals surface area contributed by atoms with Gasteiger partial charge in [-0.3, -0.25) is 0 Å². The molecule has 4 rings (SSSR count). The third-order valence-electron chi connectivity index (χ3n) is 4.80. The number of hydrogen-bond donors (Lipinski definition) is 0. The van der Waals surface area contributed by atoms with Crippen LogP contribution in [0, 0.1) is 0 Å². The fourth-order valence-corrected chi connectivity index (χ4v) is 3.42. The van der Waals surface area contributed by atoms with E-state index in [0.717, 1.165) is 16.3 Å². The minimum atomic E-state index is -0.399. The highest BCUT2D eigenvalue weighted by Crippen LogP contribution is 2.32. The van der Waals surface area contributed by atoms with Gasteiger partial charge < -0.3 is 4.74 Å². The van der Waals surface area contributed by atoms with E-state index < -0.39 is 5.97 Å². The number of rotatable bonds is 4. The Hall–Kier alpha value is -3.39. The van der Waals surface area contributed by atoms with Crippen molar-refractivity contribution in [3.05, 3.63) is 102 Å². The van der Waals surface area contributed by atoms with E-state index in [2.05, 4.69) is 55.1 Å². The van der Waals surface area contributed by atoms with E-state index in [0.29, 0.717) is 17.7 Å². The molecule has 0 aliphatic rings. The molecule has 0 heterocycles. The first kappa shape index (κ1) is 17.0. The van der Waals surface area contributed by atoms with Crippen LogP contribution in [-0.2, 0) is 11.2 Å². The number of esters is 1. The fraction of sp³-hybridized carbons (Fsp3) is 0.0800. The van der Waals surface area contributed by atoms with Gasteiger partial charge in [0.1, 0.15) is 5.75 Å². The van der Waals surface area contributed by atoms with E-state index in [1.807, 2.05) is 30.3 Å². The lowest BCUT2D eigenvalue weighted by atomic mass is 9.94. The highest BCUT2D eigenvalue weighted by atomic mass is 16.5. The zero-order valence-electron chi connectivity index (χ0n) is 15.2. The average molecular weight is 352 g/mol. The lowest BCUT2D eigenvalue weighted by Crippen LogP contribution is -2.10. The number of carbonyl (C=O) groups excluding carboxylic acids is 1. The van der Waals surface area contributed by atoms with Crippen LogP contribution in [0.5, 0.6) is 5.75 Å². The summed E-state index contributed by atoms with van der Waals surface area (Å²) in [6.07, 6.45) is 0.682. The first-order chi connectivity index (χ1) is 13.1. The number of fused-ring (bicyclic) bond motifs is 2. The van der Waals surface area contributed by atoms with Crippen molar-refractivity contribution >= 4 is 27.5 Å². The Morgan fingerprint density at radius 3 is 2.19 bits per heavy atom. The maximum atomic E-state index is 12.1. The van der Waals surface area contributed by atoms with Crippen LogP contribution in [0.25, 0.3) is 21.5 Å². The molecule has 0 saturated carbocycles. The van der Waals surface area contributed by atoms with Crippen LogP contribution in [-0.4, -0.2) is 5.97 Å². The summed E-state index contributed by atoms with van der Waals surface area (Å²) in [4.78, 5) is 12.1. The monoisotopic (exact) mass is 352 g/mol. The quantitative estimate of drug-likeness (QED) is 0.253. The van der Waals surface area contributed by atoms with Gasteiger partial charge >= 0.3 is 5.97 Å². The van der Waals surface area contributed by atoms with Crippen molar-refractivity contribution in [1.82, 2.24) is 0 Å². The van der Waals surface area contributed by atoms with Crippen LogP contribution in [0.2, 0.25) is 0 Å². The summed E-state index contributed by atoms with van der Waals surface area (Å²) in [5.74, 6) is 0.194. The molecular weight excluding hydrogens is 332 g/mol. The van der Waals surface area contributed by atoms with Crippen molar-refractivity contribution in [3.63, 3.8) is 0 Å². The van der Waals surface area contributed by atoms with Gasteiger partial charge in [0.2, 0.25) is 0 Å². The third-order valence-corrected chi connectivity index (χ3v) is 4.80. The molecule has 0 spiro atoms. The highest BCUT2D eigenvalue weighted by molar-refractivity contribution is 5.93. The zero-order valence-corrected chi connectivity index (χ0v) is 15.2. The third kappa shape index (κ3) is 3.34. The van der Waals surface area contributed by atoms with Gasteiger partial charge in [-0.1, -0.05) is 79.4 Å². The molecule has 27 heavy (non-hydrogen) atoms. The molecule has 0 aromatic heterocycles. The fourth-order valence-electron chi connectivity index (χ4n) is 3.42. The smallest absolute Gasteiger partial charge is 0.338 e. The van der Waals surface area contributed by atoms with Gasteiger partial charge in [-0.15, -0.1) is 0 Å². The van der Waals surface area contributed by atoms with Crippen molar-refractivity contribution in [2.24, 2.45) is 0 Å². The summed E-state index contributed by atoms with van der Waals surface area (Å²) in [5, 5.41) is 4.64. The van der Waals surface area contributed by atoms with E-state index >= 15 is 0 Å². The van der Waals surface area contributed by atoms with Gasteiger partial charge in [0.15, 0.2) is 0 Å². The SMILES string of the molecule is C=C(C)C(=O)Oc1ccc2ccccc2c1Cc1cccc2ccccc12. The minimum absolute atomic E-state index is 0.388. The normalized spacial score (nSPS) is 10.9. The molecule has 0 amide bonds. The van der Waals surface area contributed by atoms with Gasteiger partial charge in [-0.2, -0.15) is 0 Å². The molecule has 0 fully saturated rings. The van der Waals surface area contributed by atoms with Crippen LogP contribution in [0.3, 0.4) is 0 Å². The van der Waals surface area contributed by atoms with Gasteiger partial charge in [0.25, 0.3) is 0 Å². The topological polar surface area (TPSA) is 26.3 Å². The predicted octanol–water partition coefficient (Wildman–Crippen LogP) is 6.07. The molecule has 0 aliphatic carbocycles. The molecular formula is C25H20O2. The molecule has 2 nitrogen and oxygen atoms in total. The van der Waals surface area contributed by atoms with Crippen LogP contribution in [0.1, 0.15) is 18.1 Å². The maximum absolute atomic E-state index is 12.1. The summed E-state index contributed by atoms with van der Waals surface area (Å²) in [7, 11) is 0. The summed E-state index contributed by atoms with van der Waals surface area (Å²) in [5.41, 5.74) is 2.61. The molecule has 132 valence electrons. The van der Waals surface area contributed by atoms with Crippen LogP contribution < -0.4 is 4.74 Å². The Balaban J connectivity index is 1.88. The summed E-state index contributed by atoms with van der Waals surface area (Å²) in [6, 6.07) is 26.7. The molecule has 0 atom stereocenters. The Kier molecular flexibility index (Phi) is 4.47. The summed E-state index contributed by atoms with van der Waals surface area (Å²) in [6.45, 7) is 5.35. The number of benzene rings is 4. The van der Waals surface area contributed by atoms with Gasteiger partial charge in [0, 0.05) is 17.6 Å². The largest absolute Gasteiger partial charge is 0.423 e. The van der Waals surface area contributed by atoms with Crippen molar-refractivity contribution in [3.8, 4) is 5.75 Å². The standard InChI is InChI=1S/C25H20O2/c1-17(2)25(26)27-24-15-14-19-9-4-6-13-22(19)23(24)16-20-11-7-10-18-8-3-5-12-21(18)20/h3-15H,1,16H2,2H3. The number of ether oxygens (including phenoxy) is 1. The van der Waals surface area contributed by atoms with E-state index in [9.17, 15) is 4.79 Å². The molecule has 0 bridgehead atoms. The van der Waals surface area contributed by atoms with Crippen LogP contribution in [0.4, 0.5) is 0 Å². The van der Waals surface area contributed by atoms with E-state index in [4.69, 9.17) is 4.74 Å². The second-order valence-corrected chi connectivity index (χ2v) is 6.75. The van der Waals surface area contributed by atoms with Crippen LogP contribution in [0.15, 0.2) is 91.0 Å². The van der Waals surface area contributed by atoms with E-state index in [1.165, 1.54) is 16.3 Å². The van der Waals surface area contributed by atoms with Crippen molar-refractivity contribution in [1.29, 1.82) is 0 Å². The van der Waals surface area contributed by atoms with E-state index in [1.54, 1.807) is 6.92 Å². The molecule has 4 aromatic carbocycles. The van der Waals surface area contributed by atoms with Crippen molar-refractivity contribution in [2.45, 2.75) is 13.3 Å². The minimum Gasteiger partial charge on any atom is -0.423 e. The van der Waals surface area contributed by atoms with Crippen molar-refractivity contribution in [2.75, 3.05) is 0 Å². The molecule has 0 radical (unpaired) electrons. The molecule has 4 aromatic rings. The summed E-state index contributed by atoms with van der Waals surface area (Å²) >= 11 is 0. The number of hydrogen-bond acceptors (Lipinski definition) is 2. The summed E-state index contributed by atoms with van der Waals surface area (Å²) < 4.78 is 5.66. The predicted molar refractivity (Wildman–Crippen MR) is 111 cm³/mol. The molecule has 0 unspecified atom stereocenters. The second kappa shape index (κ2) is 7.08. The Morgan fingerprint density at radius 2 is 1.44 bits per heavy atom. The average Bonchev–Trinajstić information content (AvgIpc) is 2.69. The first-order valence-corrected chi connectivity index (χ1v) is 8.98. The van der Waals surface area contributed by atoms with Gasteiger partial charge in [0.05, 0.1) is 0 Å². The van der Waals surface area contributed by atoms with Crippen molar-refractivity contribution < 1.29 is 9.53 Å². The Bertz CT molecular complexity index is 1170. The Morgan fingerprint density at radius 1 is 0.815 bits per heavy atom. The Labute approximate surface area is 158 Å². The molecule has 0 N–H and O–H groups in total.